The molecule has 0 spiro atoms. The van der Waals surface area contributed by atoms with E-state index in [0.29, 0.717) is 36.7 Å². The van der Waals surface area contributed by atoms with Gasteiger partial charge in [-0.15, -0.1) is 0 Å². The van der Waals surface area contributed by atoms with Gasteiger partial charge < -0.3 is 9.64 Å². The zero-order chi connectivity index (χ0) is 16.7. The maximum Gasteiger partial charge on any atom is 0.338 e. The van der Waals surface area contributed by atoms with Crippen LogP contribution in [0.4, 0.5) is 0 Å². The molecule has 2 aliphatic rings. The molecule has 6 nitrogen and oxygen atoms in total. The molecule has 1 aliphatic carbocycles. The predicted octanol–water partition coefficient (Wildman–Crippen LogP) is 2.20. The zero-order valence-corrected chi connectivity index (χ0v) is 13.6. The zero-order valence-electron chi connectivity index (χ0n) is 13.6. The number of aromatic nitrogens is 2. The number of benzene rings is 1. The number of hydrogen-bond acceptors (Lipinski definition) is 4. The minimum Gasteiger partial charge on any atom is -0.465 e. The second-order valence-electron chi connectivity index (χ2n) is 6.32. The summed E-state index contributed by atoms with van der Waals surface area (Å²) >= 11 is 0. The number of carbonyl (C=O) groups is 2. The van der Waals surface area contributed by atoms with Gasteiger partial charge in [0.1, 0.15) is 0 Å². The standard InChI is InChI=1S/C18H19N3O3/c1-24-18(23)15-5-3-2-4-14(15)17(22)20-8-9-21-13(11-20)10-16(19-21)12-6-7-12/h2-5,10,12H,6-9,11H2,1H3. The van der Waals surface area contributed by atoms with E-state index in [-0.39, 0.29) is 5.91 Å². The van der Waals surface area contributed by atoms with Gasteiger partial charge >= 0.3 is 5.97 Å². The van der Waals surface area contributed by atoms with Crippen molar-refractivity contribution >= 4 is 11.9 Å². The smallest absolute Gasteiger partial charge is 0.338 e. The van der Waals surface area contributed by atoms with Crippen LogP contribution in [-0.2, 0) is 17.8 Å². The molecule has 1 fully saturated rings. The van der Waals surface area contributed by atoms with Crippen molar-refractivity contribution in [1.82, 2.24) is 14.7 Å². The average molecular weight is 325 g/mol. The molecule has 0 saturated heterocycles. The van der Waals surface area contributed by atoms with Gasteiger partial charge in [0.2, 0.25) is 0 Å². The van der Waals surface area contributed by atoms with Gasteiger partial charge in [-0.3, -0.25) is 9.48 Å². The van der Waals surface area contributed by atoms with E-state index < -0.39 is 5.97 Å². The monoisotopic (exact) mass is 325 g/mol. The molecular formula is C18H19N3O3. The molecule has 2 heterocycles. The third kappa shape index (κ3) is 2.58. The Morgan fingerprint density at radius 1 is 1.17 bits per heavy atom. The first kappa shape index (κ1) is 14.9. The average Bonchev–Trinajstić information content (AvgIpc) is 3.39. The summed E-state index contributed by atoms with van der Waals surface area (Å²) in [6.07, 6.45) is 2.43. The van der Waals surface area contributed by atoms with Crippen LogP contribution in [0.3, 0.4) is 0 Å². The van der Waals surface area contributed by atoms with Gasteiger partial charge in [-0.05, 0) is 31.0 Å². The Hall–Kier alpha value is -2.63. The number of fused-ring (bicyclic) bond motifs is 1. The lowest BCUT2D eigenvalue weighted by Gasteiger charge is -2.28. The summed E-state index contributed by atoms with van der Waals surface area (Å²) in [4.78, 5) is 26.6. The highest BCUT2D eigenvalue weighted by Crippen LogP contribution is 2.39. The molecule has 24 heavy (non-hydrogen) atoms. The quantitative estimate of drug-likeness (QED) is 0.812. The predicted molar refractivity (Wildman–Crippen MR) is 86.7 cm³/mol. The van der Waals surface area contributed by atoms with Crippen LogP contribution in [0, 0.1) is 0 Å². The van der Waals surface area contributed by atoms with Crippen LogP contribution < -0.4 is 0 Å². The van der Waals surface area contributed by atoms with Crippen molar-refractivity contribution in [3.63, 3.8) is 0 Å². The molecular weight excluding hydrogens is 306 g/mol. The summed E-state index contributed by atoms with van der Waals surface area (Å²) in [6, 6.07) is 8.91. The van der Waals surface area contributed by atoms with Gasteiger partial charge in [0, 0.05) is 12.5 Å². The molecule has 2 aromatic rings. The first-order valence-corrected chi connectivity index (χ1v) is 8.20. The molecule has 0 atom stereocenters. The number of carbonyl (C=O) groups excluding carboxylic acids is 2. The lowest BCUT2D eigenvalue weighted by molar-refractivity contribution is 0.0586. The van der Waals surface area contributed by atoms with Crippen LogP contribution in [0.5, 0.6) is 0 Å². The Kier molecular flexibility index (Phi) is 3.59. The Bertz CT molecular complexity index is 808. The van der Waals surface area contributed by atoms with Crippen LogP contribution in [0.2, 0.25) is 0 Å². The molecule has 0 radical (unpaired) electrons. The fourth-order valence-electron chi connectivity index (χ4n) is 3.17. The van der Waals surface area contributed by atoms with Gasteiger partial charge in [0.05, 0.1) is 42.7 Å². The topological polar surface area (TPSA) is 64.4 Å². The number of esters is 1. The Morgan fingerprint density at radius 3 is 2.62 bits per heavy atom. The molecule has 124 valence electrons. The van der Waals surface area contributed by atoms with Crippen molar-refractivity contribution < 1.29 is 14.3 Å². The molecule has 0 bridgehead atoms. The van der Waals surface area contributed by atoms with E-state index in [0.717, 1.165) is 11.4 Å². The third-order valence-corrected chi connectivity index (χ3v) is 4.66. The van der Waals surface area contributed by atoms with Crippen LogP contribution in [0.25, 0.3) is 0 Å². The van der Waals surface area contributed by atoms with Gasteiger partial charge in [-0.25, -0.2) is 4.79 Å². The minimum atomic E-state index is -0.489. The summed E-state index contributed by atoms with van der Waals surface area (Å²) < 4.78 is 6.79. The SMILES string of the molecule is COC(=O)c1ccccc1C(=O)N1CCn2nc(C3CC3)cc2C1. The van der Waals surface area contributed by atoms with Crippen LogP contribution in [-0.4, -0.2) is 40.2 Å². The molecule has 4 rings (SSSR count). The van der Waals surface area contributed by atoms with E-state index in [2.05, 4.69) is 11.2 Å². The van der Waals surface area contributed by atoms with Crippen LogP contribution in [0.15, 0.2) is 30.3 Å². The molecule has 1 saturated carbocycles. The van der Waals surface area contributed by atoms with E-state index in [1.807, 2.05) is 4.68 Å². The number of hydrogen-bond donors (Lipinski definition) is 0. The van der Waals surface area contributed by atoms with Crippen molar-refractivity contribution in [3.05, 3.63) is 52.8 Å². The van der Waals surface area contributed by atoms with Crippen molar-refractivity contribution in [2.75, 3.05) is 13.7 Å². The summed E-state index contributed by atoms with van der Waals surface area (Å²) in [5, 5.41) is 4.64. The van der Waals surface area contributed by atoms with Gasteiger partial charge in [-0.1, -0.05) is 12.1 Å². The number of nitrogens with zero attached hydrogens (tertiary/aromatic N) is 3. The molecule has 1 amide bonds. The fourth-order valence-corrected chi connectivity index (χ4v) is 3.17. The van der Waals surface area contributed by atoms with Crippen molar-refractivity contribution in [3.8, 4) is 0 Å². The number of methoxy groups -OCH3 is 1. The maximum atomic E-state index is 12.9. The van der Waals surface area contributed by atoms with Gasteiger partial charge in [0.15, 0.2) is 0 Å². The van der Waals surface area contributed by atoms with Crippen molar-refractivity contribution in [2.24, 2.45) is 0 Å². The number of ether oxygens (including phenoxy) is 1. The van der Waals surface area contributed by atoms with Crippen LogP contribution >= 0.6 is 0 Å². The Labute approximate surface area is 140 Å². The highest BCUT2D eigenvalue weighted by Gasteiger charge is 2.30. The normalized spacial score (nSPS) is 16.6. The van der Waals surface area contributed by atoms with Crippen molar-refractivity contribution in [1.29, 1.82) is 0 Å². The van der Waals surface area contributed by atoms with E-state index in [9.17, 15) is 9.59 Å². The van der Waals surface area contributed by atoms with Gasteiger partial charge in [0.25, 0.3) is 5.91 Å². The molecule has 1 aromatic heterocycles. The second-order valence-corrected chi connectivity index (χ2v) is 6.32. The van der Waals surface area contributed by atoms with E-state index in [1.54, 1.807) is 29.2 Å². The molecule has 6 heteroatoms. The van der Waals surface area contributed by atoms with E-state index in [4.69, 9.17) is 4.74 Å². The molecule has 0 N–H and O–H groups in total. The summed E-state index contributed by atoms with van der Waals surface area (Å²) in [7, 11) is 1.32. The van der Waals surface area contributed by atoms with Crippen LogP contribution in [0.1, 0.15) is 50.9 Å². The summed E-state index contributed by atoms with van der Waals surface area (Å²) in [5.41, 5.74) is 2.91. The lowest BCUT2D eigenvalue weighted by Crippen LogP contribution is -2.39. The Morgan fingerprint density at radius 2 is 1.92 bits per heavy atom. The first-order chi connectivity index (χ1) is 11.7. The van der Waals surface area contributed by atoms with Gasteiger partial charge in [-0.2, -0.15) is 5.10 Å². The first-order valence-electron chi connectivity index (χ1n) is 8.20. The third-order valence-electron chi connectivity index (χ3n) is 4.66. The number of rotatable bonds is 3. The highest BCUT2D eigenvalue weighted by atomic mass is 16.5. The minimum absolute atomic E-state index is 0.142. The molecule has 1 aromatic carbocycles. The molecule has 0 unspecified atom stereocenters. The maximum absolute atomic E-state index is 12.9. The highest BCUT2D eigenvalue weighted by molar-refractivity contribution is 6.05. The second kappa shape index (κ2) is 5.78. The van der Waals surface area contributed by atoms with E-state index in [1.165, 1.54) is 20.0 Å². The summed E-state index contributed by atoms with van der Waals surface area (Å²) in [6.45, 7) is 1.80. The Balaban J connectivity index is 1.58. The molecule has 1 aliphatic heterocycles. The fraction of sp³-hybridized carbons (Fsp3) is 0.389. The largest absolute Gasteiger partial charge is 0.465 e. The summed E-state index contributed by atoms with van der Waals surface area (Å²) in [5.74, 6) is -0.0271. The van der Waals surface area contributed by atoms with Crippen molar-refractivity contribution in [2.45, 2.75) is 31.8 Å². The van der Waals surface area contributed by atoms with E-state index >= 15 is 0 Å². The number of amides is 1. The lowest BCUT2D eigenvalue weighted by atomic mass is 10.1.